The van der Waals surface area contributed by atoms with E-state index < -0.39 is 17.4 Å². The van der Waals surface area contributed by atoms with Gasteiger partial charge < -0.3 is 10.4 Å². The van der Waals surface area contributed by atoms with E-state index in [1.165, 1.54) is 12.5 Å². The van der Waals surface area contributed by atoms with E-state index >= 15 is 0 Å². The molecule has 4 heteroatoms. The van der Waals surface area contributed by atoms with Gasteiger partial charge in [0.15, 0.2) is 0 Å². The molecule has 20 heavy (non-hydrogen) atoms. The number of carboxylic acids is 1. The summed E-state index contributed by atoms with van der Waals surface area (Å²) in [6.45, 7) is 5.17. The first-order chi connectivity index (χ1) is 9.33. The highest BCUT2D eigenvalue weighted by atomic mass is 16.4. The highest BCUT2D eigenvalue weighted by Crippen LogP contribution is 2.24. The van der Waals surface area contributed by atoms with E-state index in [1.807, 2.05) is 32.0 Å². The molecule has 0 aliphatic heterocycles. The Morgan fingerprint density at radius 2 is 1.85 bits per heavy atom. The smallest absolute Gasteiger partial charge is 0.325 e. The first kappa shape index (κ1) is 16.2. The van der Waals surface area contributed by atoms with Crippen LogP contribution < -0.4 is 5.32 Å². The molecule has 0 heterocycles. The van der Waals surface area contributed by atoms with Gasteiger partial charge in [-0.25, -0.2) is 0 Å². The number of aryl methyl sites for hydroxylation is 1. The number of carboxylic acid groups (broad SMARTS) is 1. The van der Waals surface area contributed by atoms with Crippen molar-refractivity contribution in [1.82, 2.24) is 5.32 Å². The zero-order valence-electron chi connectivity index (χ0n) is 12.3. The van der Waals surface area contributed by atoms with Gasteiger partial charge in [-0.2, -0.15) is 0 Å². The highest BCUT2D eigenvalue weighted by Gasteiger charge is 2.29. The predicted molar refractivity (Wildman–Crippen MR) is 78.4 cm³/mol. The second-order valence-electron chi connectivity index (χ2n) is 5.76. The molecule has 0 fully saturated rings. The number of benzene rings is 1. The van der Waals surface area contributed by atoms with Crippen LogP contribution >= 0.6 is 0 Å². The SMILES string of the molecule is C[C@H](NC(=O)C(C)(C)CCCc1ccccc1)C(=O)O. The lowest BCUT2D eigenvalue weighted by Gasteiger charge is -2.24. The van der Waals surface area contributed by atoms with E-state index in [0.29, 0.717) is 0 Å². The van der Waals surface area contributed by atoms with Crippen LogP contribution in [0.15, 0.2) is 30.3 Å². The van der Waals surface area contributed by atoms with Crippen molar-refractivity contribution in [2.24, 2.45) is 5.41 Å². The van der Waals surface area contributed by atoms with Crippen LogP contribution in [-0.4, -0.2) is 23.0 Å². The van der Waals surface area contributed by atoms with Crippen LogP contribution in [0.5, 0.6) is 0 Å². The molecule has 0 unspecified atom stereocenters. The lowest BCUT2D eigenvalue weighted by Crippen LogP contribution is -2.45. The van der Waals surface area contributed by atoms with Crippen LogP contribution in [0.25, 0.3) is 0 Å². The topological polar surface area (TPSA) is 66.4 Å². The Kier molecular flexibility index (Phi) is 5.74. The molecule has 1 rings (SSSR count). The molecule has 1 amide bonds. The summed E-state index contributed by atoms with van der Waals surface area (Å²) in [4.78, 5) is 22.8. The molecule has 0 aliphatic rings. The molecule has 0 bridgehead atoms. The number of rotatable bonds is 7. The van der Waals surface area contributed by atoms with E-state index in [1.54, 1.807) is 0 Å². The summed E-state index contributed by atoms with van der Waals surface area (Å²) in [5.74, 6) is -1.22. The Balaban J connectivity index is 2.44. The minimum absolute atomic E-state index is 0.208. The van der Waals surface area contributed by atoms with Crippen LogP contribution in [-0.2, 0) is 16.0 Å². The summed E-state index contributed by atoms with van der Waals surface area (Å²) in [6, 6.07) is 9.27. The van der Waals surface area contributed by atoms with Crippen molar-refractivity contribution in [3.8, 4) is 0 Å². The lowest BCUT2D eigenvalue weighted by molar-refractivity contribution is -0.143. The van der Waals surface area contributed by atoms with Crippen LogP contribution in [0.3, 0.4) is 0 Å². The second kappa shape index (κ2) is 7.08. The van der Waals surface area contributed by atoms with Gasteiger partial charge in [0, 0.05) is 5.41 Å². The molecule has 0 saturated carbocycles. The van der Waals surface area contributed by atoms with Gasteiger partial charge in [0.1, 0.15) is 6.04 Å². The summed E-state index contributed by atoms with van der Waals surface area (Å²) in [6.07, 6.45) is 2.54. The van der Waals surface area contributed by atoms with Crippen molar-refractivity contribution < 1.29 is 14.7 Å². The molecule has 0 aliphatic carbocycles. The van der Waals surface area contributed by atoms with Crippen molar-refractivity contribution in [2.75, 3.05) is 0 Å². The first-order valence-corrected chi connectivity index (χ1v) is 6.90. The molecule has 0 saturated heterocycles. The molecule has 2 N–H and O–H groups in total. The fourth-order valence-electron chi connectivity index (χ4n) is 1.95. The fraction of sp³-hybridized carbons (Fsp3) is 0.500. The molecule has 0 aromatic heterocycles. The van der Waals surface area contributed by atoms with Crippen molar-refractivity contribution in [3.05, 3.63) is 35.9 Å². The van der Waals surface area contributed by atoms with Crippen molar-refractivity contribution >= 4 is 11.9 Å². The number of hydrogen-bond donors (Lipinski definition) is 2. The Morgan fingerprint density at radius 3 is 2.40 bits per heavy atom. The van der Waals surface area contributed by atoms with Crippen molar-refractivity contribution in [1.29, 1.82) is 0 Å². The number of carbonyl (C=O) groups excluding carboxylic acids is 1. The van der Waals surface area contributed by atoms with Crippen LogP contribution in [0.4, 0.5) is 0 Å². The monoisotopic (exact) mass is 277 g/mol. The average Bonchev–Trinajstić information content (AvgIpc) is 2.39. The molecule has 0 spiro atoms. The molecule has 4 nitrogen and oxygen atoms in total. The molecular formula is C16H23NO3. The van der Waals surface area contributed by atoms with Gasteiger partial charge in [-0.05, 0) is 31.7 Å². The second-order valence-corrected chi connectivity index (χ2v) is 5.76. The van der Waals surface area contributed by atoms with Gasteiger partial charge >= 0.3 is 5.97 Å². The van der Waals surface area contributed by atoms with Crippen molar-refractivity contribution in [2.45, 2.75) is 46.1 Å². The average molecular weight is 277 g/mol. The van der Waals surface area contributed by atoms with E-state index in [9.17, 15) is 9.59 Å². The van der Waals surface area contributed by atoms with Gasteiger partial charge in [-0.3, -0.25) is 9.59 Å². The minimum atomic E-state index is -1.02. The Morgan fingerprint density at radius 1 is 1.25 bits per heavy atom. The molecule has 1 aromatic rings. The minimum Gasteiger partial charge on any atom is -0.480 e. The maximum atomic E-state index is 12.0. The van der Waals surface area contributed by atoms with Gasteiger partial charge in [0.05, 0.1) is 0 Å². The summed E-state index contributed by atoms with van der Waals surface area (Å²) in [5, 5.41) is 11.3. The normalized spacial score (nSPS) is 12.8. The molecule has 1 aromatic carbocycles. The maximum Gasteiger partial charge on any atom is 0.325 e. The number of nitrogens with one attached hydrogen (secondary N) is 1. The highest BCUT2D eigenvalue weighted by molar-refractivity contribution is 5.86. The Bertz CT molecular complexity index is 454. The summed E-state index contributed by atoms with van der Waals surface area (Å²) in [7, 11) is 0. The maximum absolute atomic E-state index is 12.0. The summed E-state index contributed by atoms with van der Waals surface area (Å²) < 4.78 is 0. The lowest BCUT2D eigenvalue weighted by atomic mass is 9.85. The zero-order valence-corrected chi connectivity index (χ0v) is 12.3. The number of amides is 1. The number of aliphatic carboxylic acids is 1. The fourth-order valence-corrected chi connectivity index (χ4v) is 1.95. The zero-order chi connectivity index (χ0) is 15.2. The summed E-state index contributed by atoms with van der Waals surface area (Å²) >= 11 is 0. The number of carbonyl (C=O) groups is 2. The van der Waals surface area contributed by atoms with E-state index in [0.717, 1.165) is 19.3 Å². The van der Waals surface area contributed by atoms with E-state index in [4.69, 9.17) is 5.11 Å². The van der Waals surface area contributed by atoms with Gasteiger partial charge in [-0.15, -0.1) is 0 Å². The number of hydrogen-bond acceptors (Lipinski definition) is 2. The molecule has 0 radical (unpaired) electrons. The van der Waals surface area contributed by atoms with Gasteiger partial charge in [0.25, 0.3) is 0 Å². The predicted octanol–water partition coefficient (Wildman–Crippen LogP) is 2.62. The van der Waals surface area contributed by atoms with Crippen LogP contribution in [0.2, 0.25) is 0 Å². The first-order valence-electron chi connectivity index (χ1n) is 6.90. The van der Waals surface area contributed by atoms with Crippen LogP contribution in [0, 0.1) is 5.41 Å². The van der Waals surface area contributed by atoms with Gasteiger partial charge in [0.2, 0.25) is 5.91 Å². The molecular weight excluding hydrogens is 254 g/mol. The Labute approximate surface area is 120 Å². The van der Waals surface area contributed by atoms with Crippen LogP contribution in [0.1, 0.15) is 39.2 Å². The van der Waals surface area contributed by atoms with E-state index in [2.05, 4.69) is 17.4 Å². The standard InChI is InChI=1S/C16H23NO3/c1-12(14(18)19)17-15(20)16(2,3)11-7-10-13-8-5-4-6-9-13/h4-6,8-9,12H,7,10-11H2,1-3H3,(H,17,20)(H,18,19)/t12-/m0/s1. The molecule has 1 atom stereocenters. The third-order valence-corrected chi connectivity index (χ3v) is 3.44. The summed E-state index contributed by atoms with van der Waals surface area (Å²) in [5.41, 5.74) is 0.695. The largest absolute Gasteiger partial charge is 0.480 e. The Hall–Kier alpha value is -1.84. The van der Waals surface area contributed by atoms with Gasteiger partial charge in [-0.1, -0.05) is 44.2 Å². The quantitative estimate of drug-likeness (QED) is 0.805. The molecule has 110 valence electrons. The van der Waals surface area contributed by atoms with Crippen molar-refractivity contribution in [3.63, 3.8) is 0 Å². The van der Waals surface area contributed by atoms with E-state index in [-0.39, 0.29) is 5.91 Å². The third kappa shape index (κ3) is 5.03. The third-order valence-electron chi connectivity index (χ3n) is 3.44.